The molecule has 2 heterocycles. The summed E-state index contributed by atoms with van der Waals surface area (Å²) in [6.07, 6.45) is 10.7. The van der Waals surface area contributed by atoms with Crippen LogP contribution in [0.15, 0.2) is 77.7 Å². The van der Waals surface area contributed by atoms with Crippen LogP contribution < -0.4 is 15.6 Å². The summed E-state index contributed by atoms with van der Waals surface area (Å²) in [7, 11) is 1.90. The number of carbonyl (C=O) groups excluding carboxylic acids is 1. The number of nitrogens with zero attached hydrogens (tertiary/aromatic N) is 4. The van der Waals surface area contributed by atoms with Gasteiger partial charge in [-0.2, -0.15) is 0 Å². The Morgan fingerprint density at radius 1 is 0.932 bits per heavy atom. The number of unbranched alkanes of at least 4 members (excludes halogenated alkanes) is 6. The van der Waals surface area contributed by atoms with Crippen LogP contribution in [0.1, 0.15) is 89.2 Å². The minimum Gasteiger partial charge on any atom is -0.494 e. The molecule has 8 heteroatoms. The van der Waals surface area contributed by atoms with E-state index in [0.29, 0.717) is 55.0 Å². The smallest absolute Gasteiger partial charge is 0.266 e. The lowest BCUT2D eigenvalue weighted by atomic mass is 10.1. The Morgan fingerprint density at radius 2 is 1.66 bits per heavy atom. The van der Waals surface area contributed by atoms with Crippen molar-refractivity contribution in [1.82, 2.24) is 24.8 Å². The van der Waals surface area contributed by atoms with Crippen LogP contribution in [0.4, 0.5) is 0 Å². The van der Waals surface area contributed by atoms with Crippen LogP contribution in [-0.4, -0.2) is 45.5 Å². The second-order valence-corrected chi connectivity index (χ2v) is 11.2. The minimum atomic E-state index is -0.467. The number of carbonyl (C=O) groups is 1. The molecule has 0 bridgehead atoms. The fraction of sp³-hybridized carbons (Fsp3) is 0.444. The standard InChI is InChI=1S/C36H47N5O3/c1-4-6-7-8-9-10-11-19-34(42)40(27-28-16-14-15-25-38-28)33(24-26-37-3)35-39-32-18-13-12-17-31(32)36(43)41(35)29-20-22-30(23-21-29)44-5-2/h12-18,20-23,25,33,37H,4-11,19,24,26-27H2,1-3H3. The average Bonchev–Trinajstić information content (AvgIpc) is 3.05. The van der Waals surface area contributed by atoms with Crippen LogP contribution in [0.5, 0.6) is 5.75 Å². The summed E-state index contributed by atoms with van der Waals surface area (Å²) >= 11 is 0. The third kappa shape index (κ3) is 8.76. The number of para-hydroxylation sites is 1. The van der Waals surface area contributed by atoms with E-state index in [0.717, 1.165) is 30.7 Å². The molecule has 44 heavy (non-hydrogen) atoms. The number of hydrogen-bond donors (Lipinski definition) is 1. The number of hydrogen-bond acceptors (Lipinski definition) is 6. The molecule has 1 atom stereocenters. The number of pyridine rings is 1. The SMILES string of the molecule is CCCCCCCCCC(=O)N(Cc1ccccn1)C(CCNC)c1nc2ccccc2c(=O)n1-c1ccc(OCC)cc1. The highest BCUT2D eigenvalue weighted by atomic mass is 16.5. The number of benzene rings is 2. The van der Waals surface area contributed by atoms with Gasteiger partial charge >= 0.3 is 0 Å². The number of rotatable bonds is 18. The van der Waals surface area contributed by atoms with Crippen molar-refractivity contribution in [3.63, 3.8) is 0 Å². The summed E-state index contributed by atoms with van der Waals surface area (Å²) in [5.41, 5.74) is 1.92. The van der Waals surface area contributed by atoms with Crippen molar-refractivity contribution < 1.29 is 9.53 Å². The molecule has 0 fully saturated rings. The van der Waals surface area contributed by atoms with E-state index in [-0.39, 0.29) is 11.5 Å². The van der Waals surface area contributed by atoms with Crippen molar-refractivity contribution in [3.05, 3.63) is 94.8 Å². The Labute approximate surface area is 261 Å². The van der Waals surface area contributed by atoms with E-state index >= 15 is 0 Å². The summed E-state index contributed by atoms with van der Waals surface area (Å²) in [6, 6.07) is 20.2. The quantitative estimate of drug-likeness (QED) is 0.124. The first-order chi connectivity index (χ1) is 21.6. The van der Waals surface area contributed by atoms with Crippen molar-refractivity contribution in [2.24, 2.45) is 0 Å². The van der Waals surface area contributed by atoms with Gasteiger partial charge in [-0.3, -0.25) is 19.1 Å². The lowest BCUT2D eigenvalue weighted by molar-refractivity contribution is -0.135. The highest BCUT2D eigenvalue weighted by Crippen LogP contribution is 2.29. The highest BCUT2D eigenvalue weighted by molar-refractivity contribution is 5.79. The Kier molecular flexibility index (Phi) is 12.9. The monoisotopic (exact) mass is 597 g/mol. The van der Waals surface area contributed by atoms with E-state index in [1.54, 1.807) is 16.8 Å². The molecule has 234 valence electrons. The molecule has 0 aliphatic carbocycles. The maximum Gasteiger partial charge on any atom is 0.266 e. The molecular weight excluding hydrogens is 550 g/mol. The Balaban J connectivity index is 1.77. The van der Waals surface area contributed by atoms with E-state index in [1.807, 2.05) is 79.5 Å². The van der Waals surface area contributed by atoms with Gasteiger partial charge in [0.2, 0.25) is 5.91 Å². The molecule has 4 rings (SSSR count). The molecule has 0 saturated heterocycles. The van der Waals surface area contributed by atoms with Crippen LogP contribution in [0.25, 0.3) is 16.6 Å². The van der Waals surface area contributed by atoms with Gasteiger partial charge in [-0.25, -0.2) is 4.98 Å². The molecular formula is C36H47N5O3. The normalized spacial score (nSPS) is 11.9. The highest BCUT2D eigenvalue weighted by Gasteiger charge is 2.30. The first-order valence-electron chi connectivity index (χ1n) is 16.2. The largest absolute Gasteiger partial charge is 0.494 e. The van der Waals surface area contributed by atoms with Gasteiger partial charge in [0.05, 0.1) is 41.5 Å². The lowest BCUT2D eigenvalue weighted by Gasteiger charge is -2.33. The molecule has 2 aromatic carbocycles. The maximum atomic E-state index is 14.2. The zero-order valence-corrected chi connectivity index (χ0v) is 26.5. The van der Waals surface area contributed by atoms with Gasteiger partial charge in [0, 0.05) is 12.6 Å². The van der Waals surface area contributed by atoms with Crippen molar-refractivity contribution in [2.75, 3.05) is 20.2 Å². The first-order valence-corrected chi connectivity index (χ1v) is 16.2. The molecule has 8 nitrogen and oxygen atoms in total. The molecule has 0 saturated carbocycles. The maximum absolute atomic E-state index is 14.2. The van der Waals surface area contributed by atoms with Gasteiger partial charge in [0.25, 0.3) is 5.56 Å². The Hall–Kier alpha value is -4.04. The van der Waals surface area contributed by atoms with Crippen molar-refractivity contribution >= 4 is 16.8 Å². The molecule has 0 aliphatic rings. The zero-order valence-electron chi connectivity index (χ0n) is 26.5. The number of nitrogens with one attached hydrogen (secondary N) is 1. The van der Waals surface area contributed by atoms with Crippen LogP contribution in [0.2, 0.25) is 0 Å². The molecule has 0 radical (unpaired) electrons. The third-order valence-electron chi connectivity index (χ3n) is 7.92. The van der Waals surface area contributed by atoms with Crippen molar-refractivity contribution in [1.29, 1.82) is 0 Å². The fourth-order valence-corrected chi connectivity index (χ4v) is 5.60. The number of ether oxygens (including phenoxy) is 1. The number of aromatic nitrogens is 3. The van der Waals surface area contributed by atoms with Crippen LogP contribution in [0.3, 0.4) is 0 Å². The molecule has 0 spiro atoms. The Bertz CT molecular complexity index is 1500. The van der Waals surface area contributed by atoms with Gasteiger partial charge in [0.1, 0.15) is 11.6 Å². The van der Waals surface area contributed by atoms with Crippen LogP contribution in [-0.2, 0) is 11.3 Å². The summed E-state index contributed by atoms with van der Waals surface area (Å²) in [4.78, 5) is 39.8. The zero-order chi connectivity index (χ0) is 31.1. The minimum absolute atomic E-state index is 0.0472. The van der Waals surface area contributed by atoms with E-state index in [2.05, 4.69) is 17.2 Å². The van der Waals surface area contributed by atoms with Gasteiger partial charge in [-0.05, 0) is 81.9 Å². The summed E-state index contributed by atoms with van der Waals surface area (Å²) in [5, 5.41) is 3.78. The van der Waals surface area contributed by atoms with Crippen molar-refractivity contribution in [2.45, 2.75) is 84.2 Å². The van der Waals surface area contributed by atoms with Crippen LogP contribution >= 0.6 is 0 Å². The number of amides is 1. The second kappa shape index (κ2) is 17.3. The van der Waals surface area contributed by atoms with Crippen molar-refractivity contribution in [3.8, 4) is 11.4 Å². The molecule has 1 N–H and O–H groups in total. The van der Waals surface area contributed by atoms with E-state index in [9.17, 15) is 9.59 Å². The van der Waals surface area contributed by atoms with E-state index in [4.69, 9.17) is 9.72 Å². The molecule has 2 aromatic heterocycles. The lowest BCUT2D eigenvalue weighted by Crippen LogP contribution is -2.39. The molecule has 1 amide bonds. The summed E-state index contributed by atoms with van der Waals surface area (Å²) in [6.45, 7) is 5.68. The predicted octanol–water partition coefficient (Wildman–Crippen LogP) is 7.00. The molecule has 0 aliphatic heterocycles. The summed E-state index contributed by atoms with van der Waals surface area (Å²) < 4.78 is 7.34. The summed E-state index contributed by atoms with van der Waals surface area (Å²) in [5.74, 6) is 1.32. The fourth-order valence-electron chi connectivity index (χ4n) is 5.60. The van der Waals surface area contributed by atoms with Gasteiger partial charge < -0.3 is 15.0 Å². The number of fused-ring (bicyclic) bond motifs is 1. The topological polar surface area (TPSA) is 89.4 Å². The first kappa shape index (κ1) is 32.9. The Morgan fingerprint density at radius 3 is 2.36 bits per heavy atom. The third-order valence-corrected chi connectivity index (χ3v) is 7.92. The molecule has 1 unspecified atom stereocenters. The average molecular weight is 598 g/mol. The van der Waals surface area contributed by atoms with Gasteiger partial charge in [0.15, 0.2) is 0 Å². The second-order valence-electron chi connectivity index (χ2n) is 11.2. The molecule has 4 aromatic rings. The predicted molar refractivity (Wildman–Crippen MR) is 177 cm³/mol. The van der Waals surface area contributed by atoms with Gasteiger partial charge in [-0.1, -0.05) is 63.6 Å². The van der Waals surface area contributed by atoms with Crippen LogP contribution in [0, 0.1) is 0 Å². The van der Waals surface area contributed by atoms with E-state index < -0.39 is 6.04 Å². The van der Waals surface area contributed by atoms with Gasteiger partial charge in [-0.15, -0.1) is 0 Å². The van der Waals surface area contributed by atoms with E-state index in [1.165, 1.54) is 25.7 Å².